The average Bonchev–Trinajstić information content (AvgIpc) is 2.83. The van der Waals surface area contributed by atoms with E-state index < -0.39 is 0 Å². The van der Waals surface area contributed by atoms with E-state index in [1.807, 2.05) is 0 Å². The highest BCUT2D eigenvalue weighted by atomic mass is 32.1. The lowest BCUT2D eigenvalue weighted by atomic mass is 9.91. The molecule has 1 aliphatic rings. The van der Waals surface area contributed by atoms with E-state index in [0.717, 1.165) is 10.7 Å². The summed E-state index contributed by atoms with van der Waals surface area (Å²) in [5.41, 5.74) is 1.49. The summed E-state index contributed by atoms with van der Waals surface area (Å²) < 4.78 is 3.24. The Labute approximate surface area is 109 Å². The zero-order valence-corrected chi connectivity index (χ0v) is 12.2. The van der Waals surface area contributed by atoms with E-state index in [1.54, 1.807) is 0 Å². The lowest BCUT2D eigenvalue weighted by Gasteiger charge is -2.28. The van der Waals surface area contributed by atoms with Gasteiger partial charge in [-0.25, -0.2) is 0 Å². The lowest BCUT2D eigenvalue weighted by Crippen LogP contribution is -2.23. The van der Waals surface area contributed by atoms with E-state index in [1.165, 1.54) is 31.4 Å². The largest absolute Gasteiger partial charge is 0.337 e. The van der Waals surface area contributed by atoms with Gasteiger partial charge in [-0.3, -0.25) is 0 Å². The van der Waals surface area contributed by atoms with Gasteiger partial charge in [-0.15, -0.1) is 0 Å². The van der Waals surface area contributed by atoms with Crippen LogP contribution in [-0.2, 0) is 5.41 Å². The highest BCUT2D eigenvalue weighted by Gasteiger charge is 2.28. The molecule has 0 saturated heterocycles. The third-order valence-corrected chi connectivity index (χ3v) is 4.38. The van der Waals surface area contributed by atoms with Crippen LogP contribution in [0.3, 0.4) is 0 Å². The quantitative estimate of drug-likeness (QED) is 0.763. The first-order chi connectivity index (χ1) is 7.91. The van der Waals surface area contributed by atoms with Crippen molar-refractivity contribution >= 4 is 12.2 Å². The smallest absolute Gasteiger partial charge is 0.177 e. The maximum Gasteiger partial charge on any atom is 0.177 e. The van der Waals surface area contributed by atoms with Crippen LogP contribution in [0.25, 0.3) is 0 Å². The van der Waals surface area contributed by atoms with Crippen molar-refractivity contribution in [3.05, 3.63) is 16.7 Å². The average molecular weight is 252 g/mol. The molecule has 1 unspecified atom stereocenters. The molecule has 1 saturated carbocycles. The summed E-state index contributed by atoms with van der Waals surface area (Å²) in [5, 5.41) is 0. The molecule has 96 valence electrons. The molecule has 3 heteroatoms. The van der Waals surface area contributed by atoms with Crippen molar-refractivity contribution in [2.24, 2.45) is 5.92 Å². The normalized spacial score (nSPS) is 19.8. The number of aromatic nitrogens is 2. The number of rotatable bonds is 2. The van der Waals surface area contributed by atoms with Crippen LogP contribution in [0, 0.1) is 10.7 Å². The van der Waals surface area contributed by atoms with Gasteiger partial charge in [0.15, 0.2) is 4.77 Å². The zero-order valence-electron chi connectivity index (χ0n) is 11.4. The van der Waals surface area contributed by atoms with Crippen molar-refractivity contribution < 1.29 is 0 Å². The summed E-state index contributed by atoms with van der Waals surface area (Å²) in [4.78, 5) is 3.23. The molecule has 0 amide bonds. The van der Waals surface area contributed by atoms with Crippen LogP contribution in [0.4, 0.5) is 0 Å². The Hall–Kier alpha value is -0.570. The van der Waals surface area contributed by atoms with Crippen molar-refractivity contribution in [1.82, 2.24) is 9.55 Å². The molecule has 0 bridgehead atoms. The van der Waals surface area contributed by atoms with Gasteiger partial charge in [-0.1, -0.05) is 33.6 Å². The molecule has 2 nitrogen and oxygen atoms in total. The summed E-state index contributed by atoms with van der Waals surface area (Å²) >= 11 is 5.46. The summed E-state index contributed by atoms with van der Waals surface area (Å²) in [7, 11) is 0. The number of hydrogen-bond acceptors (Lipinski definition) is 1. The van der Waals surface area contributed by atoms with Crippen molar-refractivity contribution in [2.75, 3.05) is 0 Å². The van der Waals surface area contributed by atoms with Gasteiger partial charge in [-0.05, 0) is 37.9 Å². The van der Waals surface area contributed by atoms with Gasteiger partial charge in [-0.2, -0.15) is 0 Å². The maximum atomic E-state index is 5.46. The molecule has 0 aromatic carbocycles. The van der Waals surface area contributed by atoms with Gasteiger partial charge >= 0.3 is 0 Å². The number of H-pyrrole nitrogens is 1. The lowest BCUT2D eigenvalue weighted by molar-refractivity contribution is 0.337. The molecule has 1 fully saturated rings. The fourth-order valence-electron chi connectivity index (χ4n) is 3.01. The predicted molar refractivity (Wildman–Crippen MR) is 75.0 cm³/mol. The van der Waals surface area contributed by atoms with E-state index in [2.05, 4.69) is 43.4 Å². The number of nitrogens with zero attached hydrogens (tertiary/aromatic N) is 1. The molecule has 1 aromatic rings. The van der Waals surface area contributed by atoms with E-state index in [9.17, 15) is 0 Å². The van der Waals surface area contributed by atoms with Crippen LogP contribution in [-0.4, -0.2) is 9.55 Å². The van der Waals surface area contributed by atoms with Crippen molar-refractivity contribution in [3.8, 4) is 0 Å². The molecule has 1 aliphatic carbocycles. The van der Waals surface area contributed by atoms with Crippen LogP contribution in [0.15, 0.2) is 6.20 Å². The van der Waals surface area contributed by atoms with Crippen molar-refractivity contribution in [2.45, 2.75) is 64.8 Å². The van der Waals surface area contributed by atoms with Crippen LogP contribution >= 0.6 is 12.2 Å². The second-order valence-electron chi connectivity index (χ2n) is 6.38. The number of hydrogen-bond donors (Lipinski definition) is 1. The van der Waals surface area contributed by atoms with Crippen LogP contribution in [0.2, 0.25) is 0 Å². The minimum atomic E-state index is 0.153. The van der Waals surface area contributed by atoms with Gasteiger partial charge in [0, 0.05) is 23.3 Å². The Balaban J connectivity index is 2.36. The number of imidazole rings is 1. The molecule has 1 aromatic heterocycles. The van der Waals surface area contributed by atoms with E-state index in [4.69, 9.17) is 12.2 Å². The second kappa shape index (κ2) is 4.60. The standard InChI is InChI=1S/C14H24N2S/c1-10(11-7-5-6-8-11)16-12(14(2,3)4)9-15-13(16)17/h9-11H,5-8H2,1-4H3,(H,15,17). The SMILES string of the molecule is CC(C1CCCC1)n1c(C(C)(C)C)c[nH]c1=S. The highest BCUT2D eigenvalue weighted by molar-refractivity contribution is 7.71. The predicted octanol–water partition coefficient (Wildman–Crippen LogP) is 4.59. The molecular weight excluding hydrogens is 228 g/mol. The van der Waals surface area contributed by atoms with Crippen LogP contribution < -0.4 is 0 Å². The van der Waals surface area contributed by atoms with Gasteiger partial charge in [0.05, 0.1) is 0 Å². The fourth-order valence-corrected chi connectivity index (χ4v) is 3.33. The third kappa shape index (κ3) is 2.49. The number of aromatic amines is 1. The first-order valence-electron chi connectivity index (χ1n) is 6.71. The highest BCUT2D eigenvalue weighted by Crippen LogP contribution is 2.36. The summed E-state index contributed by atoms with van der Waals surface area (Å²) in [5.74, 6) is 0.804. The summed E-state index contributed by atoms with van der Waals surface area (Å²) in [6.45, 7) is 9.09. The third-order valence-electron chi connectivity index (χ3n) is 4.07. The van der Waals surface area contributed by atoms with E-state index >= 15 is 0 Å². The van der Waals surface area contributed by atoms with E-state index in [0.29, 0.717) is 6.04 Å². The Morgan fingerprint density at radius 3 is 2.47 bits per heavy atom. The first kappa shape index (κ1) is 12.9. The van der Waals surface area contributed by atoms with Crippen molar-refractivity contribution in [3.63, 3.8) is 0 Å². The fraction of sp³-hybridized carbons (Fsp3) is 0.786. The maximum absolute atomic E-state index is 5.46. The summed E-state index contributed by atoms with van der Waals surface area (Å²) in [6, 6.07) is 0.533. The van der Waals surface area contributed by atoms with E-state index in [-0.39, 0.29) is 5.41 Å². The molecule has 0 aliphatic heterocycles. The van der Waals surface area contributed by atoms with Crippen LogP contribution in [0.1, 0.15) is 65.1 Å². The van der Waals surface area contributed by atoms with Crippen molar-refractivity contribution in [1.29, 1.82) is 0 Å². The van der Waals surface area contributed by atoms with Gasteiger partial charge < -0.3 is 9.55 Å². The Morgan fingerprint density at radius 1 is 1.35 bits per heavy atom. The second-order valence-corrected chi connectivity index (χ2v) is 6.77. The topological polar surface area (TPSA) is 20.7 Å². The zero-order chi connectivity index (χ0) is 12.6. The first-order valence-corrected chi connectivity index (χ1v) is 7.12. The Bertz CT molecular complexity index is 430. The van der Waals surface area contributed by atoms with Crippen LogP contribution in [0.5, 0.6) is 0 Å². The molecule has 1 atom stereocenters. The monoisotopic (exact) mass is 252 g/mol. The van der Waals surface area contributed by atoms with Gasteiger partial charge in [0.2, 0.25) is 0 Å². The van der Waals surface area contributed by atoms with Gasteiger partial charge in [0.25, 0.3) is 0 Å². The molecule has 17 heavy (non-hydrogen) atoms. The van der Waals surface area contributed by atoms with Gasteiger partial charge in [0.1, 0.15) is 0 Å². The minimum Gasteiger partial charge on any atom is -0.337 e. The molecule has 1 heterocycles. The Morgan fingerprint density at radius 2 is 1.94 bits per heavy atom. The Kier molecular flexibility index (Phi) is 3.48. The molecule has 2 rings (SSSR count). The molecule has 0 radical (unpaired) electrons. The number of nitrogens with one attached hydrogen (secondary N) is 1. The minimum absolute atomic E-state index is 0.153. The summed E-state index contributed by atoms with van der Waals surface area (Å²) in [6.07, 6.45) is 7.58. The molecular formula is C14H24N2S. The molecule has 1 N–H and O–H groups in total. The molecule has 0 spiro atoms.